The Morgan fingerprint density at radius 1 is 0.639 bits per heavy atom. The molecule has 2 aromatic heterocycles. The number of benzene rings is 2. The molecule has 0 radical (unpaired) electrons. The van der Waals surface area contributed by atoms with Gasteiger partial charge in [-0.1, -0.05) is 41.5 Å². The van der Waals surface area contributed by atoms with Crippen LogP contribution in [0.25, 0.3) is 22.1 Å². The number of hydrogen-bond acceptors (Lipinski definition) is 9. The van der Waals surface area contributed by atoms with Gasteiger partial charge in [0.05, 0.1) is 42.4 Å². The number of carbonyl (C=O) groups is 1. The molecule has 61 heavy (non-hydrogen) atoms. The Balaban J connectivity index is 0.000000189. The molecule has 2 aliphatic carbocycles. The van der Waals surface area contributed by atoms with Crippen molar-refractivity contribution in [3.8, 4) is 0 Å². The number of nitrogens with zero attached hydrogens (tertiary/aromatic N) is 5. The van der Waals surface area contributed by atoms with Gasteiger partial charge in [0.1, 0.15) is 17.2 Å². The van der Waals surface area contributed by atoms with Gasteiger partial charge in [0.2, 0.25) is 0 Å². The maximum atomic E-state index is 13.5. The predicted molar refractivity (Wildman–Crippen MR) is 242 cm³/mol. The smallest absolute Gasteiger partial charge is 0.410 e. The van der Waals surface area contributed by atoms with Crippen molar-refractivity contribution in [3.63, 3.8) is 0 Å². The maximum Gasteiger partial charge on any atom is 0.410 e. The normalized spacial score (nSPS) is 19.0. The van der Waals surface area contributed by atoms with Crippen LogP contribution in [0.15, 0.2) is 46.2 Å². The van der Waals surface area contributed by atoms with Gasteiger partial charge in [-0.3, -0.25) is 0 Å². The summed E-state index contributed by atoms with van der Waals surface area (Å²) in [6, 6.07) is 11.0. The maximum absolute atomic E-state index is 13.5. The van der Waals surface area contributed by atoms with Crippen LogP contribution in [0.4, 0.5) is 4.79 Å². The van der Waals surface area contributed by atoms with Crippen molar-refractivity contribution in [3.05, 3.63) is 48.0 Å². The van der Waals surface area contributed by atoms with Gasteiger partial charge in [-0.2, -0.15) is 0 Å². The van der Waals surface area contributed by atoms with Crippen LogP contribution < -0.4 is 5.32 Å². The van der Waals surface area contributed by atoms with E-state index >= 15 is 0 Å². The van der Waals surface area contributed by atoms with Crippen LogP contribution in [-0.2, 0) is 50.3 Å². The zero-order valence-electron chi connectivity index (χ0n) is 38.1. The van der Waals surface area contributed by atoms with Crippen molar-refractivity contribution >= 4 is 47.8 Å². The summed E-state index contributed by atoms with van der Waals surface area (Å²) in [5, 5.41) is 2.46. The molecule has 0 bridgehead atoms. The van der Waals surface area contributed by atoms with Crippen molar-refractivity contribution in [2.24, 2.45) is 22.7 Å². The van der Waals surface area contributed by atoms with Crippen LogP contribution >= 0.6 is 0 Å². The Hall–Kier alpha value is -3.49. The van der Waals surface area contributed by atoms with E-state index in [0.717, 1.165) is 78.7 Å². The van der Waals surface area contributed by atoms with Crippen molar-refractivity contribution < 1.29 is 26.4 Å². The van der Waals surface area contributed by atoms with Crippen molar-refractivity contribution in [1.82, 2.24) is 29.3 Å². The van der Waals surface area contributed by atoms with E-state index in [-0.39, 0.29) is 22.2 Å². The fourth-order valence-corrected chi connectivity index (χ4v) is 12.1. The molecule has 2 saturated carbocycles. The molecule has 0 atom stereocenters. The van der Waals surface area contributed by atoms with Gasteiger partial charge < -0.3 is 24.1 Å². The minimum Gasteiger partial charge on any atom is -0.444 e. The number of rotatable bonds is 10. The highest BCUT2D eigenvalue weighted by atomic mass is 32.2. The zero-order valence-corrected chi connectivity index (χ0v) is 39.7. The molecule has 2 aromatic carbocycles. The third-order valence-corrected chi connectivity index (χ3v) is 16.7. The minimum atomic E-state index is -3.52. The average molecular weight is 879 g/mol. The van der Waals surface area contributed by atoms with Gasteiger partial charge in [-0.15, -0.1) is 0 Å². The molecule has 4 aliphatic rings. The first-order valence-corrected chi connectivity index (χ1v) is 25.7. The molecule has 4 aromatic rings. The van der Waals surface area contributed by atoms with E-state index in [4.69, 9.17) is 14.7 Å². The SMILES string of the molecule is CC(C)(C)Cc1nc2cc(S(=O)(=O)C3CCN(C(=O)OC(C)(C)C)CC3)ccc2n1CC1CC1.CC(C)(C)Cc1nc2cc(S(=O)(=O)C3CCNCC3)ccc2n1CC1CC1. The Kier molecular flexibility index (Phi) is 12.9. The van der Waals surface area contributed by atoms with Gasteiger partial charge in [0, 0.05) is 39.0 Å². The third kappa shape index (κ3) is 11.4. The molecule has 336 valence electrons. The number of piperidine rings is 2. The summed E-state index contributed by atoms with van der Waals surface area (Å²) in [4.78, 5) is 24.5. The summed E-state index contributed by atoms with van der Waals surface area (Å²) >= 11 is 0. The van der Waals surface area contributed by atoms with Gasteiger partial charge >= 0.3 is 6.09 Å². The highest BCUT2D eigenvalue weighted by Crippen LogP contribution is 2.37. The largest absolute Gasteiger partial charge is 0.444 e. The fraction of sp³-hybridized carbons (Fsp3) is 0.681. The predicted octanol–water partition coefficient (Wildman–Crippen LogP) is 8.77. The number of likely N-dealkylation sites (tertiary alicyclic amines) is 1. The van der Waals surface area contributed by atoms with Crippen LogP contribution in [0.3, 0.4) is 0 Å². The summed E-state index contributed by atoms with van der Waals surface area (Å²) < 4.78 is 63.2. The second-order valence-corrected chi connectivity index (χ2v) is 26.1. The van der Waals surface area contributed by atoms with Crippen LogP contribution in [0.1, 0.15) is 125 Å². The number of aromatic nitrogens is 4. The van der Waals surface area contributed by atoms with Crippen molar-refractivity contribution in [2.75, 3.05) is 26.2 Å². The van der Waals surface area contributed by atoms with Gasteiger partial charge in [0.25, 0.3) is 0 Å². The van der Waals surface area contributed by atoms with Crippen LogP contribution in [0.5, 0.6) is 0 Å². The standard InChI is InChI=1S/C26H39N3O4S.C21H31N3O2S/c1-25(2,3)16-23-27-21-15-20(9-10-22(21)29(23)17-18-7-8-18)34(31,32)19-11-13-28(14-12-19)24(30)33-26(4,5)6;1-21(2,3)13-20-23-18-12-17(27(25,26)16-8-10-22-11-9-16)6-7-19(18)24(20)14-15-4-5-15/h9-10,15,18-19H,7-8,11-14,16-17H2,1-6H3;6-7,12,15-16,22H,4-5,8-11,13-14H2,1-3H3. The highest BCUT2D eigenvalue weighted by Gasteiger charge is 2.36. The lowest BCUT2D eigenvalue weighted by molar-refractivity contribution is 0.0217. The minimum absolute atomic E-state index is 0.0969. The van der Waals surface area contributed by atoms with Crippen LogP contribution in [-0.4, -0.2) is 89.2 Å². The zero-order chi connectivity index (χ0) is 44.1. The first-order chi connectivity index (χ1) is 28.5. The summed E-state index contributed by atoms with van der Waals surface area (Å²) in [6.45, 7) is 23.0. The number of sulfone groups is 2. The van der Waals surface area contributed by atoms with Crippen molar-refractivity contribution in [1.29, 1.82) is 0 Å². The van der Waals surface area contributed by atoms with E-state index in [1.54, 1.807) is 23.1 Å². The van der Waals surface area contributed by atoms with Gasteiger partial charge in [-0.25, -0.2) is 31.6 Å². The molecule has 0 spiro atoms. The van der Waals surface area contributed by atoms with E-state index in [2.05, 4.69) is 56.0 Å². The first kappa shape index (κ1) is 45.5. The number of imidazole rings is 2. The summed E-state index contributed by atoms with van der Waals surface area (Å²) in [7, 11) is -6.81. The molecule has 8 rings (SSSR count). The van der Waals surface area contributed by atoms with E-state index in [9.17, 15) is 21.6 Å². The Labute approximate surface area is 364 Å². The number of ether oxygens (including phenoxy) is 1. The third-order valence-electron chi connectivity index (χ3n) is 12.2. The second kappa shape index (κ2) is 17.2. The van der Waals surface area contributed by atoms with Crippen LogP contribution in [0.2, 0.25) is 0 Å². The molecule has 2 saturated heterocycles. The number of hydrogen-bond donors (Lipinski definition) is 1. The summed E-state index contributed by atoms with van der Waals surface area (Å²) in [5.74, 6) is 3.57. The fourth-order valence-electron chi connectivity index (χ4n) is 8.58. The molecule has 1 amide bonds. The second-order valence-electron chi connectivity index (χ2n) is 21.6. The van der Waals surface area contributed by atoms with E-state index < -0.39 is 30.5 Å². The van der Waals surface area contributed by atoms with Gasteiger partial charge in [0.15, 0.2) is 19.7 Å². The Morgan fingerprint density at radius 3 is 1.43 bits per heavy atom. The average Bonchev–Trinajstić information content (AvgIpc) is 4.11. The Morgan fingerprint density at radius 2 is 1.05 bits per heavy atom. The number of amides is 1. The molecule has 4 fully saturated rings. The van der Waals surface area contributed by atoms with Crippen LogP contribution in [0, 0.1) is 22.7 Å². The molecule has 14 heteroatoms. The number of fused-ring (bicyclic) bond motifs is 2. The lowest BCUT2D eigenvalue weighted by atomic mass is 9.92. The summed E-state index contributed by atoms with van der Waals surface area (Å²) in [5.41, 5.74) is 3.35. The molecule has 2 aliphatic heterocycles. The lowest BCUT2D eigenvalue weighted by Gasteiger charge is -2.33. The van der Waals surface area contributed by atoms with E-state index in [1.807, 2.05) is 39.0 Å². The molecule has 12 nitrogen and oxygen atoms in total. The topological polar surface area (TPSA) is 145 Å². The molecular weight excluding hydrogens is 809 g/mol. The molecule has 1 N–H and O–H groups in total. The monoisotopic (exact) mass is 878 g/mol. The van der Waals surface area contributed by atoms with E-state index in [1.165, 1.54) is 25.7 Å². The molecular formula is C47H70N6O6S2. The Bertz CT molecular complexity index is 2430. The highest BCUT2D eigenvalue weighted by molar-refractivity contribution is 7.92. The van der Waals surface area contributed by atoms with E-state index in [0.29, 0.717) is 54.5 Å². The summed E-state index contributed by atoms with van der Waals surface area (Å²) in [6.07, 6.45) is 8.63. The number of nitrogens with one attached hydrogen (secondary N) is 1. The van der Waals surface area contributed by atoms with Gasteiger partial charge in [-0.05, 0) is 144 Å². The lowest BCUT2D eigenvalue weighted by Crippen LogP contribution is -2.44. The first-order valence-electron chi connectivity index (χ1n) is 22.6. The molecule has 4 heterocycles. The number of carbonyl (C=O) groups excluding carboxylic acids is 1. The quantitative estimate of drug-likeness (QED) is 0.165. The van der Waals surface area contributed by atoms with Crippen molar-refractivity contribution in [2.45, 2.75) is 166 Å². The molecule has 0 unspecified atom stereocenters.